The van der Waals surface area contributed by atoms with Gasteiger partial charge in [0.15, 0.2) is 0 Å². The highest BCUT2D eigenvalue weighted by atomic mass is 16.6. The molecule has 0 heterocycles. The van der Waals surface area contributed by atoms with Gasteiger partial charge in [0.05, 0.1) is 12.6 Å². The van der Waals surface area contributed by atoms with Crippen molar-refractivity contribution in [3.63, 3.8) is 0 Å². The largest absolute Gasteiger partial charge is 0.444 e. The van der Waals surface area contributed by atoms with Crippen LogP contribution in [0.3, 0.4) is 0 Å². The molecule has 6 heteroatoms. The number of carbonyl (C=O) groups excluding carboxylic acids is 2. The lowest BCUT2D eigenvalue weighted by Crippen LogP contribution is -2.52. The second-order valence-electron chi connectivity index (χ2n) is 7.97. The molecule has 2 aromatic rings. The zero-order chi connectivity index (χ0) is 21.3. The summed E-state index contributed by atoms with van der Waals surface area (Å²) in [7, 11) is 0. The van der Waals surface area contributed by atoms with Crippen molar-refractivity contribution in [1.29, 1.82) is 0 Å². The highest BCUT2D eigenvalue weighted by Crippen LogP contribution is 2.09. The number of aliphatic hydroxyl groups excluding tert-OH is 1. The summed E-state index contributed by atoms with van der Waals surface area (Å²) >= 11 is 0. The molecule has 2 rings (SSSR count). The summed E-state index contributed by atoms with van der Waals surface area (Å²) in [4.78, 5) is 25.2. The summed E-state index contributed by atoms with van der Waals surface area (Å²) < 4.78 is 5.30. The van der Waals surface area contributed by atoms with Gasteiger partial charge in [-0.1, -0.05) is 60.7 Å². The highest BCUT2D eigenvalue weighted by molar-refractivity contribution is 5.86. The molecule has 2 atom stereocenters. The first-order valence-electron chi connectivity index (χ1n) is 9.75. The van der Waals surface area contributed by atoms with E-state index < -0.39 is 23.8 Å². The summed E-state index contributed by atoms with van der Waals surface area (Å²) in [5, 5.41) is 15.2. The van der Waals surface area contributed by atoms with Gasteiger partial charge in [0.25, 0.3) is 0 Å². The van der Waals surface area contributed by atoms with Crippen LogP contribution in [0, 0.1) is 0 Å². The Morgan fingerprint density at radius 2 is 1.41 bits per heavy atom. The van der Waals surface area contributed by atoms with E-state index in [1.54, 1.807) is 20.8 Å². The van der Waals surface area contributed by atoms with E-state index in [-0.39, 0.29) is 12.5 Å². The first-order valence-corrected chi connectivity index (χ1v) is 9.75. The zero-order valence-corrected chi connectivity index (χ0v) is 17.2. The summed E-state index contributed by atoms with van der Waals surface area (Å²) in [6.07, 6.45) is 0.153. The molecule has 0 saturated heterocycles. The van der Waals surface area contributed by atoms with E-state index in [0.717, 1.165) is 11.1 Å². The van der Waals surface area contributed by atoms with Gasteiger partial charge in [0, 0.05) is 6.42 Å². The van der Waals surface area contributed by atoms with Crippen LogP contribution in [0.15, 0.2) is 60.7 Å². The molecule has 0 spiro atoms. The maximum absolute atomic E-state index is 12.9. The number of ether oxygens (including phenoxy) is 1. The van der Waals surface area contributed by atoms with Gasteiger partial charge < -0.3 is 20.5 Å². The third-order valence-electron chi connectivity index (χ3n) is 4.18. The van der Waals surface area contributed by atoms with Crippen molar-refractivity contribution in [2.24, 2.45) is 0 Å². The normalized spacial score (nSPS) is 13.2. The smallest absolute Gasteiger partial charge is 0.408 e. The fourth-order valence-electron chi connectivity index (χ4n) is 2.87. The Hall–Kier alpha value is -2.86. The van der Waals surface area contributed by atoms with Gasteiger partial charge in [0.1, 0.15) is 11.6 Å². The van der Waals surface area contributed by atoms with Crippen molar-refractivity contribution in [3.05, 3.63) is 71.8 Å². The number of benzene rings is 2. The number of nitrogens with one attached hydrogen (secondary N) is 2. The minimum Gasteiger partial charge on any atom is -0.444 e. The number of hydrogen-bond acceptors (Lipinski definition) is 4. The van der Waals surface area contributed by atoms with Crippen LogP contribution in [-0.2, 0) is 22.4 Å². The highest BCUT2D eigenvalue weighted by Gasteiger charge is 2.26. The minimum absolute atomic E-state index is 0.203. The first kappa shape index (κ1) is 22.4. The van der Waals surface area contributed by atoms with Crippen LogP contribution in [0.5, 0.6) is 0 Å². The quantitative estimate of drug-likeness (QED) is 0.638. The molecule has 0 aromatic heterocycles. The number of amides is 2. The fraction of sp³-hybridized carbons (Fsp3) is 0.391. The van der Waals surface area contributed by atoms with Gasteiger partial charge in [-0.15, -0.1) is 0 Å². The van der Waals surface area contributed by atoms with Crippen LogP contribution in [0.4, 0.5) is 4.79 Å². The van der Waals surface area contributed by atoms with Crippen LogP contribution in [-0.4, -0.2) is 41.4 Å². The predicted molar refractivity (Wildman–Crippen MR) is 112 cm³/mol. The Morgan fingerprint density at radius 3 is 1.90 bits per heavy atom. The lowest BCUT2D eigenvalue weighted by molar-refractivity contribution is -0.124. The molecule has 156 valence electrons. The minimum atomic E-state index is -0.822. The topological polar surface area (TPSA) is 87.7 Å². The van der Waals surface area contributed by atoms with Gasteiger partial charge in [0.2, 0.25) is 5.91 Å². The summed E-state index contributed by atoms with van der Waals surface area (Å²) in [6.45, 7) is 5.09. The fourth-order valence-corrected chi connectivity index (χ4v) is 2.87. The lowest BCUT2D eigenvalue weighted by atomic mass is 10.0. The molecule has 29 heavy (non-hydrogen) atoms. The van der Waals surface area contributed by atoms with Gasteiger partial charge in [-0.2, -0.15) is 0 Å². The molecule has 2 aromatic carbocycles. The van der Waals surface area contributed by atoms with E-state index in [2.05, 4.69) is 10.6 Å². The summed E-state index contributed by atoms with van der Waals surface area (Å²) in [5.41, 5.74) is 1.25. The Bertz CT molecular complexity index is 772. The van der Waals surface area contributed by atoms with Gasteiger partial charge in [-0.05, 0) is 38.3 Å². The van der Waals surface area contributed by atoms with Crippen LogP contribution in [0.1, 0.15) is 31.9 Å². The molecule has 0 unspecified atom stereocenters. The molecule has 2 amide bonds. The lowest BCUT2D eigenvalue weighted by Gasteiger charge is -2.25. The first-order chi connectivity index (χ1) is 13.8. The average molecular weight is 399 g/mol. The van der Waals surface area contributed by atoms with Crippen LogP contribution in [0.25, 0.3) is 0 Å². The Balaban J connectivity index is 2.08. The monoisotopic (exact) mass is 398 g/mol. The molecule has 0 aliphatic rings. The van der Waals surface area contributed by atoms with Crippen LogP contribution in [0.2, 0.25) is 0 Å². The molecule has 6 nitrogen and oxygen atoms in total. The van der Waals surface area contributed by atoms with Crippen molar-refractivity contribution in [3.8, 4) is 0 Å². The van der Waals surface area contributed by atoms with E-state index >= 15 is 0 Å². The SMILES string of the molecule is CC(C)(C)OC(=O)N[C@@H](Cc1ccccc1)C(=O)N[C@H](CO)Cc1ccccc1. The zero-order valence-electron chi connectivity index (χ0n) is 17.2. The standard InChI is InChI=1S/C23H30N2O4/c1-23(2,3)29-22(28)25-20(15-18-12-8-5-9-13-18)21(27)24-19(16-26)14-17-10-6-4-7-11-17/h4-13,19-20,26H,14-16H2,1-3H3,(H,24,27)(H,25,28)/t19-,20-/m0/s1. The predicted octanol–water partition coefficient (Wildman–Crippen LogP) is 2.84. The van der Waals surface area contributed by atoms with Crippen molar-refractivity contribution < 1.29 is 19.4 Å². The number of carbonyl (C=O) groups is 2. The molecule has 0 aliphatic carbocycles. The number of hydrogen-bond donors (Lipinski definition) is 3. The molecule has 0 bridgehead atoms. The van der Waals surface area contributed by atoms with Crippen molar-refractivity contribution in [2.45, 2.75) is 51.3 Å². The number of alkyl carbamates (subject to hydrolysis) is 1. The van der Waals surface area contributed by atoms with Crippen molar-refractivity contribution in [1.82, 2.24) is 10.6 Å². The molecular formula is C23H30N2O4. The van der Waals surface area contributed by atoms with E-state index in [1.165, 1.54) is 0 Å². The van der Waals surface area contributed by atoms with Crippen molar-refractivity contribution in [2.75, 3.05) is 6.61 Å². The van der Waals surface area contributed by atoms with Crippen molar-refractivity contribution >= 4 is 12.0 Å². The van der Waals surface area contributed by atoms with E-state index in [4.69, 9.17) is 4.74 Å². The molecule has 3 N–H and O–H groups in total. The van der Waals surface area contributed by atoms with E-state index in [0.29, 0.717) is 12.8 Å². The second-order valence-corrected chi connectivity index (χ2v) is 7.97. The molecule has 0 fully saturated rings. The Morgan fingerprint density at radius 1 is 0.897 bits per heavy atom. The molecule has 0 saturated carbocycles. The van der Waals surface area contributed by atoms with E-state index in [1.807, 2.05) is 60.7 Å². The van der Waals surface area contributed by atoms with Gasteiger partial charge in [-0.3, -0.25) is 4.79 Å². The number of aliphatic hydroxyl groups is 1. The van der Waals surface area contributed by atoms with Gasteiger partial charge in [-0.25, -0.2) is 4.79 Å². The van der Waals surface area contributed by atoms with Crippen LogP contribution < -0.4 is 10.6 Å². The third-order valence-corrected chi connectivity index (χ3v) is 4.18. The third kappa shape index (κ3) is 8.35. The Labute approximate surface area is 172 Å². The molecular weight excluding hydrogens is 368 g/mol. The molecule has 0 radical (unpaired) electrons. The average Bonchev–Trinajstić information content (AvgIpc) is 2.67. The maximum atomic E-state index is 12.9. The summed E-state index contributed by atoms with van der Waals surface area (Å²) in [6, 6.07) is 17.8. The maximum Gasteiger partial charge on any atom is 0.408 e. The Kier molecular flexibility index (Phi) is 8.21. The van der Waals surface area contributed by atoms with E-state index in [9.17, 15) is 14.7 Å². The molecule has 0 aliphatic heterocycles. The van der Waals surface area contributed by atoms with Gasteiger partial charge >= 0.3 is 6.09 Å². The second kappa shape index (κ2) is 10.6. The number of rotatable bonds is 8. The summed E-state index contributed by atoms with van der Waals surface area (Å²) in [5.74, 6) is -0.366. The van der Waals surface area contributed by atoms with Crippen LogP contribution >= 0.6 is 0 Å².